The van der Waals surface area contributed by atoms with E-state index in [0.717, 1.165) is 41.0 Å². The lowest BCUT2D eigenvalue weighted by atomic mass is 10.1. The molecule has 0 saturated carbocycles. The molecule has 3 N–H and O–H groups in total. The van der Waals surface area contributed by atoms with E-state index in [2.05, 4.69) is 21.4 Å². The van der Waals surface area contributed by atoms with Gasteiger partial charge in [0.15, 0.2) is 0 Å². The second-order valence-corrected chi connectivity index (χ2v) is 5.62. The maximum Gasteiger partial charge on any atom is 0.137 e. The number of nitrogen functional groups attached to an aromatic ring is 1. The van der Waals surface area contributed by atoms with Gasteiger partial charge in [-0.3, -0.25) is 0 Å². The van der Waals surface area contributed by atoms with Gasteiger partial charge in [-0.1, -0.05) is 18.2 Å². The van der Waals surface area contributed by atoms with E-state index < -0.39 is 0 Å². The predicted molar refractivity (Wildman–Crippen MR) is 100.0 cm³/mol. The second kappa shape index (κ2) is 8.30. The molecule has 3 rings (SSSR count). The lowest BCUT2D eigenvalue weighted by Crippen LogP contribution is -2.10. The quantitative estimate of drug-likeness (QED) is 0.485. The Balaban J connectivity index is 1.67. The zero-order chi connectivity index (χ0) is 17.5. The molecule has 25 heavy (non-hydrogen) atoms. The van der Waals surface area contributed by atoms with Gasteiger partial charge < -0.3 is 20.5 Å². The highest BCUT2D eigenvalue weighted by Gasteiger charge is 2.06. The molecule has 1 aromatic heterocycles. The lowest BCUT2D eigenvalue weighted by Gasteiger charge is -2.12. The normalized spacial score (nSPS) is 10.8. The molecule has 0 aliphatic carbocycles. The Kier molecular flexibility index (Phi) is 5.64. The third-order valence-corrected chi connectivity index (χ3v) is 3.86. The van der Waals surface area contributed by atoms with Gasteiger partial charge in [0, 0.05) is 24.7 Å². The fourth-order valence-corrected chi connectivity index (χ4v) is 2.62. The average molecular weight is 338 g/mol. The number of hydrogen-bond acceptors (Lipinski definition) is 6. The average Bonchev–Trinajstić information content (AvgIpc) is 2.63. The third kappa shape index (κ3) is 4.36. The van der Waals surface area contributed by atoms with Crippen LogP contribution >= 0.6 is 0 Å². The van der Waals surface area contributed by atoms with Crippen LogP contribution in [0, 0.1) is 0 Å². The Bertz CT molecular complexity index is 839. The monoisotopic (exact) mass is 338 g/mol. The van der Waals surface area contributed by atoms with E-state index >= 15 is 0 Å². The minimum atomic E-state index is 0.538. The van der Waals surface area contributed by atoms with Gasteiger partial charge in [0.2, 0.25) is 0 Å². The van der Waals surface area contributed by atoms with E-state index in [9.17, 15) is 0 Å². The molecular formula is C19H22N4O2. The Labute approximate surface area is 147 Å². The van der Waals surface area contributed by atoms with Crippen LogP contribution in [-0.2, 0) is 11.2 Å². The first-order chi connectivity index (χ1) is 12.3. The van der Waals surface area contributed by atoms with E-state index in [-0.39, 0.29) is 0 Å². The topological polar surface area (TPSA) is 82.3 Å². The molecule has 0 atom stereocenters. The summed E-state index contributed by atoms with van der Waals surface area (Å²) in [6.07, 6.45) is 2.37. The second-order valence-electron chi connectivity index (χ2n) is 5.62. The SMILES string of the molecule is COCCOc1ccccc1CCNc1ncnc2ccc(N)cc12. The molecule has 6 nitrogen and oxygen atoms in total. The number of hydrogen-bond donors (Lipinski definition) is 2. The van der Waals surface area contributed by atoms with Crippen molar-refractivity contribution in [2.24, 2.45) is 0 Å². The molecule has 2 aromatic carbocycles. The van der Waals surface area contributed by atoms with Crippen LogP contribution in [0.5, 0.6) is 5.75 Å². The van der Waals surface area contributed by atoms with E-state index in [4.69, 9.17) is 15.2 Å². The number of para-hydroxylation sites is 1. The summed E-state index contributed by atoms with van der Waals surface area (Å²) in [5, 5.41) is 4.29. The standard InChI is InChI=1S/C19H22N4O2/c1-24-10-11-25-18-5-3-2-4-14(18)8-9-21-19-16-12-15(20)6-7-17(16)22-13-23-19/h2-7,12-13H,8-11,20H2,1H3,(H,21,22,23). The molecule has 130 valence electrons. The maximum atomic E-state index is 5.88. The number of benzene rings is 2. The number of ether oxygens (including phenoxy) is 2. The van der Waals surface area contributed by atoms with Crippen LogP contribution in [0.3, 0.4) is 0 Å². The highest BCUT2D eigenvalue weighted by molar-refractivity contribution is 5.91. The molecule has 0 aliphatic rings. The van der Waals surface area contributed by atoms with Crippen molar-refractivity contribution in [1.29, 1.82) is 0 Å². The Morgan fingerprint density at radius 2 is 1.96 bits per heavy atom. The van der Waals surface area contributed by atoms with Gasteiger partial charge in [-0.2, -0.15) is 0 Å². The molecule has 0 amide bonds. The van der Waals surface area contributed by atoms with Crippen LogP contribution in [0.2, 0.25) is 0 Å². The number of methoxy groups -OCH3 is 1. The van der Waals surface area contributed by atoms with Gasteiger partial charge in [0.1, 0.15) is 24.5 Å². The van der Waals surface area contributed by atoms with Gasteiger partial charge in [-0.25, -0.2) is 9.97 Å². The summed E-state index contributed by atoms with van der Waals surface area (Å²) >= 11 is 0. The number of nitrogens with zero attached hydrogens (tertiary/aromatic N) is 2. The van der Waals surface area contributed by atoms with Crippen molar-refractivity contribution >= 4 is 22.4 Å². The zero-order valence-corrected chi connectivity index (χ0v) is 14.2. The predicted octanol–water partition coefficient (Wildman–Crippen LogP) is 2.89. The molecule has 0 spiro atoms. The molecule has 0 bridgehead atoms. The zero-order valence-electron chi connectivity index (χ0n) is 14.2. The van der Waals surface area contributed by atoms with Crippen molar-refractivity contribution in [3.05, 3.63) is 54.4 Å². The summed E-state index contributed by atoms with van der Waals surface area (Å²) < 4.78 is 10.8. The molecule has 0 aliphatic heterocycles. The van der Waals surface area contributed by atoms with Crippen LogP contribution in [0.25, 0.3) is 10.9 Å². The lowest BCUT2D eigenvalue weighted by molar-refractivity contribution is 0.146. The van der Waals surface area contributed by atoms with Crippen molar-refractivity contribution in [2.45, 2.75) is 6.42 Å². The summed E-state index contributed by atoms with van der Waals surface area (Å²) in [5.74, 6) is 1.67. The van der Waals surface area contributed by atoms with Crippen molar-refractivity contribution in [3.63, 3.8) is 0 Å². The maximum absolute atomic E-state index is 5.88. The molecular weight excluding hydrogens is 316 g/mol. The molecule has 0 radical (unpaired) electrons. The van der Waals surface area contributed by atoms with Gasteiger partial charge in [-0.15, -0.1) is 0 Å². The molecule has 0 fully saturated rings. The first-order valence-corrected chi connectivity index (χ1v) is 8.21. The van der Waals surface area contributed by atoms with Crippen LogP contribution in [-0.4, -0.2) is 36.8 Å². The fraction of sp³-hybridized carbons (Fsp3) is 0.263. The number of aromatic nitrogens is 2. The first-order valence-electron chi connectivity index (χ1n) is 8.21. The van der Waals surface area contributed by atoms with Gasteiger partial charge in [0.25, 0.3) is 0 Å². The Morgan fingerprint density at radius 3 is 2.84 bits per heavy atom. The molecule has 0 saturated heterocycles. The van der Waals surface area contributed by atoms with Crippen LogP contribution in [0.15, 0.2) is 48.8 Å². The number of nitrogens with two attached hydrogens (primary N) is 1. The van der Waals surface area contributed by atoms with Crippen LogP contribution in [0.1, 0.15) is 5.56 Å². The third-order valence-electron chi connectivity index (χ3n) is 3.86. The minimum Gasteiger partial charge on any atom is -0.491 e. The fourth-order valence-electron chi connectivity index (χ4n) is 2.62. The van der Waals surface area contributed by atoms with Crippen molar-refractivity contribution < 1.29 is 9.47 Å². The van der Waals surface area contributed by atoms with Gasteiger partial charge in [-0.05, 0) is 36.2 Å². The summed E-state index contributed by atoms with van der Waals surface area (Å²) in [4.78, 5) is 8.60. The summed E-state index contributed by atoms with van der Waals surface area (Å²) in [6.45, 7) is 1.84. The smallest absolute Gasteiger partial charge is 0.137 e. The number of rotatable bonds is 8. The molecule has 1 heterocycles. The molecule has 0 unspecified atom stereocenters. The van der Waals surface area contributed by atoms with Crippen molar-refractivity contribution in [2.75, 3.05) is 37.9 Å². The van der Waals surface area contributed by atoms with Gasteiger partial charge >= 0.3 is 0 Å². The van der Waals surface area contributed by atoms with Crippen molar-refractivity contribution in [3.8, 4) is 5.75 Å². The van der Waals surface area contributed by atoms with E-state index in [0.29, 0.717) is 18.9 Å². The van der Waals surface area contributed by atoms with E-state index in [1.165, 1.54) is 0 Å². The largest absolute Gasteiger partial charge is 0.491 e. The van der Waals surface area contributed by atoms with Crippen LogP contribution < -0.4 is 15.8 Å². The first kappa shape index (κ1) is 17.0. The van der Waals surface area contributed by atoms with E-state index in [1.54, 1.807) is 13.4 Å². The molecule has 6 heteroatoms. The van der Waals surface area contributed by atoms with E-state index in [1.807, 2.05) is 36.4 Å². The number of anilines is 2. The summed E-state index contributed by atoms with van der Waals surface area (Å²) in [5.41, 5.74) is 8.59. The number of fused-ring (bicyclic) bond motifs is 1. The van der Waals surface area contributed by atoms with Crippen molar-refractivity contribution in [1.82, 2.24) is 9.97 Å². The Hall–Kier alpha value is -2.86. The Morgan fingerprint density at radius 1 is 1.08 bits per heavy atom. The highest BCUT2D eigenvalue weighted by atomic mass is 16.5. The van der Waals surface area contributed by atoms with Crippen LogP contribution in [0.4, 0.5) is 11.5 Å². The summed E-state index contributed by atoms with van der Waals surface area (Å²) in [6, 6.07) is 13.7. The van der Waals surface area contributed by atoms with Gasteiger partial charge in [0.05, 0.1) is 12.1 Å². The minimum absolute atomic E-state index is 0.538. The highest BCUT2D eigenvalue weighted by Crippen LogP contribution is 2.22. The molecule has 3 aromatic rings. The number of nitrogens with one attached hydrogen (secondary N) is 1. The summed E-state index contributed by atoms with van der Waals surface area (Å²) in [7, 11) is 1.66.